The van der Waals surface area contributed by atoms with Crippen molar-refractivity contribution in [3.8, 4) is 5.88 Å². The maximum Gasteiger partial charge on any atom is 0.395 e. The highest BCUT2D eigenvalue weighted by molar-refractivity contribution is 5.77. The first-order valence-corrected chi connectivity index (χ1v) is 7.13. The van der Waals surface area contributed by atoms with Crippen LogP contribution in [0, 0.1) is 16.0 Å². The van der Waals surface area contributed by atoms with Crippen molar-refractivity contribution in [3.05, 3.63) is 26.8 Å². The standard InChI is InChI=1S/C13H18N4O5/c1-8-4-2-3-5-9(8)16-10(18)6-22-13-11(17(20)21)12(19)14-7-15-13/h7-9H,2-6H2,1H3,(H,16,18)(H,14,15,19)/t8-,9-/m1/s1. The predicted molar refractivity (Wildman–Crippen MR) is 76.6 cm³/mol. The molecule has 120 valence electrons. The number of nitrogens with one attached hydrogen (secondary N) is 2. The lowest BCUT2D eigenvalue weighted by Gasteiger charge is -2.29. The van der Waals surface area contributed by atoms with Crippen molar-refractivity contribution in [3.63, 3.8) is 0 Å². The Bertz CT molecular complexity index is 615. The van der Waals surface area contributed by atoms with Crippen LogP contribution in [0.15, 0.2) is 11.1 Å². The Balaban J connectivity index is 1.95. The van der Waals surface area contributed by atoms with Gasteiger partial charge in [0.05, 0.1) is 11.3 Å². The predicted octanol–water partition coefficient (Wildman–Crippen LogP) is 0.752. The molecule has 9 nitrogen and oxygen atoms in total. The van der Waals surface area contributed by atoms with E-state index in [1.165, 1.54) is 0 Å². The summed E-state index contributed by atoms with van der Waals surface area (Å²) in [6.45, 7) is 1.66. The highest BCUT2D eigenvalue weighted by Gasteiger charge is 2.25. The minimum absolute atomic E-state index is 0.0898. The fourth-order valence-corrected chi connectivity index (χ4v) is 2.56. The summed E-state index contributed by atoms with van der Waals surface area (Å²) in [6.07, 6.45) is 5.19. The Morgan fingerprint density at radius 2 is 2.27 bits per heavy atom. The molecule has 22 heavy (non-hydrogen) atoms. The molecule has 1 aliphatic carbocycles. The van der Waals surface area contributed by atoms with Gasteiger partial charge in [-0.05, 0) is 18.8 Å². The Hall–Kier alpha value is -2.45. The van der Waals surface area contributed by atoms with E-state index >= 15 is 0 Å². The van der Waals surface area contributed by atoms with E-state index in [-0.39, 0.29) is 11.9 Å². The lowest BCUT2D eigenvalue weighted by Crippen LogP contribution is -2.43. The van der Waals surface area contributed by atoms with Crippen LogP contribution in [0.4, 0.5) is 5.69 Å². The summed E-state index contributed by atoms with van der Waals surface area (Å²) >= 11 is 0. The van der Waals surface area contributed by atoms with Crippen LogP contribution in [-0.4, -0.2) is 33.4 Å². The molecule has 1 aromatic rings. The van der Waals surface area contributed by atoms with Crippen LogP contribution in [0.3, 0.4) is 0 Å². The van der Waals surface area contributed by atoms with Gasteiger partial charge in [-0.2, -0.15) is 4.98 Å². The molecular formula is C13H18N4O5. The monoisotopic (exact) mass is 310 g/mol. The van der Waals surface area contributed by atoms with Crippen LogP contribution in [0.1, 0.15) is 32.6 Å². The average Bonchev–Trinajstić information content (AvgIpc) is 2.47. The van der Waals surface area contributed by atoms with Crippen LogP contribution in [-0.2, 0) is 4.79 Å². The molecular weight excluding hydrogens is 292 g/mol. The van der Waals surface area contributed by atoms with E-state index in [2.05, 4.69) is 22.2 Å². The van der Waals surface area contributed by atoms with E-state index in [4.69, 9.17) is 4.74 Å². The number of ether oxygens (including phenoxy) is 1. The minimum Gasteiger partial charge on any atom is -0.463 e. The van der Waals surface area contributed by atoms with Crippen molar-refractivity contribution in [2.75, 3.05) is 6.61 Å². The van der Waals surface area contributed by atoms with E-state index in [1.54, 1.807) is 0 Å². The van der Waals surface area contributed by atoms with Gasteiger partial charge in [0.2, 0.25) is 0 Å². The molecule has 0 bridgehead atoms. The van der Waals surface area contributed by atoms with Crippen molar-refractivity contribution in [2.45, 2.75) is 38.6 Å². The van der Waals surface area contributed by atoms with Gasteiger partial charge in [-0.25, -0.2) is 0 Å². The molecule has 0 unspecified atom stereocenters. The first kappa shape index (κ1) is 15.9. The first-order chi connectivity index (χ1) is 10.5. The Kier molecular flexibility index (Phi) is 5.08. The number of nitro groups is 1. The van der Waals surface area contributed by atoms with Crippen LogP contribution in [0.5, 0.6) is 5.88 Å². The fourth-order valence-electron chi connectivity index (χ4n) is 2.56. The molecule has 0 saturated heterocycles. The molecule has 1 amide bonds. The van der Waals surface area contributed by atoms with Crippen LogP contribution < -0.4 is 15.6 Å². The highest BCUT2D eigenvalue weighted by Crippen LogP contribution is 2.23. The third-order valence-corrected chi connectivity index (χ3v) is 3.78. The van der Waals surface area contributed by atoms with Crippen molar-refractivity contribution in [1.82, 2.24) is 15.3 Å². The van der Waals surface area contributed by atoms with Crippen molar-refractivity contribution in [2.24, 2.45) is 5.92 Å². The van der Waals surface area contributed by atoms with Gasteiger partial charge in [-0.15, -0.1) is 0 Å². The molecule has 1 saturated carbocycles. The number of carbonyl (C=O) groups is 1. The van der Waals surface area contributed by atoms with E-state index in [1.807, 2.05) is 0 Å². The molecule has 0 aliphatic heterocycles. The van der Waals surface area contributed by atoms with Gasteiger partial charge in [-0.1, -0.05) is 19.8 Å². The molecule has 2 rings (SSSR count). The number of carbonyl (C=O) groups excluding carboxylic acids is 1. The summed E-state index contributed by atoms with van der Waals surface area (Å²) in [5.41, 5.74) is -1.72. The van der Waals surface area contributed by atoms with Crippen LogP contribution in [0.25, 0.3) is 0 Å². The maximum absolute atomic E-state index is 11.9. The van der Waals surface area contributed by atoms with Gasteiger partial charge < -0.3 is 15.0 Å². The molecule has 0 radical (unpaired) electrons. The second-order valence-electron chi connectivity index (χ2n) is 5.37. The SMILES string of the molecule is C[C@@H]1CCCC[C@H]1NC(=O)COc1nc[nH]c(=O)c1[N+](=O)[O-]. The number of hydrogen-bond acceptors (Lipinski definition) is 6. The lowest BCUT2D eigenvalue weighted by atomic mass is 9.86. The van der Waals surface area contributed by atoms with Crippen molar-refractivity contribution >= 4 is 11.6 Å². The van der Waals surface area contributed by atoms with Gasteiger partial charge in [-0.3, -0.25) is 19.7 Å². The molecule has 1 heterocycles. The Morgan fingerprint density at radius 3 is 2.95 bits per heavy atom. The zero-order valence-electron chi connectivity index (χ0n) is 12.2. The van der Waals surface area contributed by atoms with Crippen molar-refractivity contribution in [1.29, 1.82) is 0 Å². The molecule has 1 aliphatic rings. The largest absolute Gasteiger partial charge is 0.463 e. The summed E-state index contributed by atoms with van der Waals surface area (Å²) in [4.78, 5) is 38.9. The number of aromatic amines is 1. The van der Waals surface area contributed by atoms with Crippen LogP contribution in [0.2, 0.25) is 0 Å². The summed E-state index contributed by atoms with van der Waals surface area (Å²) < 4.78 is 5.03. The third kappa shape index (κ3) is 3.80. The summed E-state index contributed by atoms with van der Waals surface area (Å²) in [5.74, 6) is -0.444. The smallest absolute Gasteiger partial charge is 0.395 e. The maximum atomic E-state index is 11.9. The molecule has 1 aromatic heterocycles. The highest BCUT2D eigenvalue weighted by atomic mass is 16.6. The van der Waals surface area contributed by atoms with Gasteiger partial charge >= 0.3 is 17.1 Å². The zero-order chi connectivity index (χ0) is 16.1. The van der Waals surface area contributed by atoms with Crippen molar-refractivity contribution < 1.29 is 14.5 Å². The minimum atomic E-state index is -0.920. The summed E-state index contributed by atoms with van der Waals surface area (Å²) in [6, 6.07) is 0.0898. The number of nitrogens with zero attached hydrogens (tertiary/aromatic N) is 2. The molecule has 9 heteroatoms. The summed E-state index contributed by atoms with van der Waals surface area (Å²) in [5, 5.41) is 13.7. The quantitative estimate of drug-likeness (QED) is 0.610. The topological polar surface area (TPSA) is 127 Å². The fraction of sp³-hybridized carbons (Fsp3) is 0.615. The van der Waals surface area contributed by atoms with Gasteiger partial charge in [0.25, 0.3) is 5.91 Å². The summed E-state index contributed by atoms with van der Waals surface area (Å²) in [7, 11) is 0. The average molecular weight is 310 g/mol. The number of amides is 1. The number of H-pyrrole nitrogens is 1. The molecule has 2 atom stereocenters. The second-order valence-corrected chi connectivity index (χ2v) is 5.37. The third-order valence-electron chi connectivity index (χ3n) is 3.78. The van der Waals surface area contributed by atoms with E-state index in [0.29, 0.717) is 5.92 Å². The Labute approximate surface area is 126 Å². The molecule has 0 aromatic carbocycles. The first-order valence-electron chi connectivity index (χ1n) is 7.13. The molecule has 1 fully saturated rings. The Morgan fingerprint density at radius 1 is 1.55 bits per heavy atom. The van der Waals surface area contributed by atoms with Gasteiger partial charge in [0.1, 0.15) is 0 Å². The molecule has 2 N–H and O–H groups in total. The van der Waals surface area contributed by atoms with Gasteiger partial charge in [0.15, 0.2) is 6.61 Å². The second kappa shape index (κ2) is 7.01. The van der Waals surface area contributed by atoms with Crippen LogP contribution >= 0.6 is 0 Å². The molecule has 0 spiro atoms. The zero-order valence-corrected chi connectivity index (χ0v) is 12.2. The number of rotatable bonds is 5. The van der Waals surface area contributed by atoms with Gasteiger partial charge in [0, 0.05) is 6.04 Å². The lowest BCUT2D eigenvalue weighted by molar-refractivity contribution is -0.387. The van der Waals surface area contributed by atoms with E-state index in [0.717, 1.165) is 32.0 Å². The number of hydrogen-bond donors (Lipinski definition) is 2. The van der Waals surface area contributed by atoms with E-state index < -0.39 is 28.7 Å². The normalized spacial score (nSPS) is 21.1. The number of aromatic nitrogens is 2. The van der Waals surface area contributed by atoms with E-state index in [9.17, 15) is 19.7 Å².